The fraction of sp³-hybridized carbons (Fsp3) is 0.533. The van der Waals surface area contributed by atoms with Gasteiger partial charge in [0, 0.05) is 6.42 Å². The van der Waals surface area contributed by atoms with Gasteiger partial charge in [0.15, 0.2) is 0 Å². The first-order chi connectivity index (χ1) is 7.72. The Morgan fingerprint density at radius 1 is 1.00 bits per heavy atom. The van der Waals surface area contributed by atoms with Crippen molar-refractivity contribution in [2.75, 3.05) is 0 Å². The van der Waals surface area contributed by atoms with E-state index in [9.17, 15) is 4.79 Å². The van der Waals surface area contributed by atoms with Crippen molar-refractivity contribution in [1.29, 1.82) is 0 Å². The molecule has 1 heteroatoms. The Balaban J connectivity index is 2.19. The summed E-state index contributed by atoms with van der Waals surface area (Å²) in [5.74, 6) is 0.312. The van der Waals surface area contributed by atoms with Gasteiger partial charge in [-0.25, -0.2) is 0 Å². The highest BCUT2D eigenvalue weighted by Gasteiger charge is 1.96. The molecule has 0 aliphatic heterocycles. The molecule has 0 heterocycles. The molecule has 1 aromatic rings. The Labute approximate surface area is 98.9 Å². The third-order valence-corrected chi connectivity index (χ3v) is 2.93. The molecule has 0 radical (unpaired) electrons. The van der Waals surface area contributed by atoms with Crippen LogP contribution < -0.4 is 0 Å². The van der Waals surface area contributed by atoms with E-state index in [1.54, 1.807) is 6.92 Å². The van der Waals surface area contributed by atoms with Crippen molar-refractivity contribution in [3.63, 3.8) is 0 Å². The Morgan fingerprint density at radius 3 is 2.19 bits per heavy atom. The number of Topliss-reactive ketones (excluding diaryl/α,β-unsaturated/α-hetero) is 1. The molecule has 0 atom stereocenters. The number of hydrogen-bond acceptors (Lipinski definition) is 1. The molecular formula is C15H22O. The predicted molar refractivity (Wildman–Crippen MR) is 68.7 cm³/mol. The van der Waals surface area contributed by atoms with E-state index in [0.29, 0.717) is 5.78 Å². The van der Waals surface area contributed by atoms with Crippen LogP contribution in [0, 0.1) is 0 Å². The molecule has 0 saturated heterocycles. The molecule has 0 aromatic heterocycles. The summed E-state index contributed by atoms with van der Waals surface area (Å²) in [4.78, 5) is 10.7. The van der Waals surface area contributed by atoms with Crippen LogP contribution in [0.15, 0.2) is 24.3 Å². The second-order valence-corrected chi connectivity index (χ2v) is 4.43. The van der Waals surface area contributed by atoms with Crippen molar-refractivity contribution in [2.24, 2.45) is 0 Å². The van der Waals surface area contributed by atoms with Gasteiger partial charge in [0.05, 0.1) is 0 Å². The lowest BCUT2D eigenvalue weighted by Gasteiger charge is -2.02. The molecule has 1 nitrogen and oxygen atoms in total. The van der Waals surface area contributed by atoms with E-state index in [-0.39, 0.29) is 0 Å². The smallest absolute Gasteiger partial charge is 0.129 e. The van der Waals surface area contributed by atoms with Gasteiger partial charge in [0.1, 0.15) is 5.78 Å². The standard InChI is InChI=1S/C15H22O/c1-3-14-9-11-15(12-10-14)8-6-4-5-7-13(2)16/h9-12H,3-8H2,1-2H3. The molecule has 1 rings (SSSR count). The number of ketones is 1. The quantitative estimate of drug-likeness (QED) is 0.633. The highest BCUT2D eigenvalue weighted by molar-refractivity contribution is 5.75. The van der Waals surface area contributed by atoms with Crippen LogP contribution >= 0.6 is 0 Å². The molecule has 0 fully saturated rings. The summed E-state index contributed by atoms with van der Waals surface area (Å²) >= 11 is 0. The number of hydrogen-bond donors (Lipinski definition) is 0. The van der Waals surface area contributed by atoms with Gasteiger partial charge in [-0.15, -0.1) is 0 Å². The summed E-state index contributed by atoms with van der Waals surface area (Å²) < 4.78 is 0. The van der Waals surface area contributed by atoms with Crippen molar-refractivity contribution in [3.8, 4) is 0 Å². The number of carbonyl (C=O) groups excluding carboxylic acids is 1. The van der Waals surface area contributed by atoms with Gasteiger partial charge in [-0.2, -0.15) is 0 Å². The molecule has 0 N–H and O–H groups in total. The van der Waals surface area contributed by atoms with E-state index in [1.807, 2.05) is 0 Å². The summed E-state index contributed by atoms with van der Waals surface area (Å²) in [6, 6.07) is 8.88. The zero-order chi connectivity index (χ0) is 11.8. The highest BCUT2D eigenvalue weighted by atomic mass is 16.1. The highest BCUT2D eigenvalue weighted by Crippen LogP contribution is 2.10. The lowest BCUT2D eigenvalue weighted by atomic mass is 10.0. The first-order valence-corrected chi connectivity index (χ1v) is 6.29. The van der Waals surface area contributed by atoms with Crippen molar-refractivity contribution >= 4 is 5.78 Å². The Kier molecular flexibility index (Phi) is 5.84. The van der Waals surface area contributed by atoms with Gasteiger partial charge in [-0.05, 0) is 43.7 Å². The van der Waals surface area contributed by atoms with Gasteiger partial charge < -0.3 is 4.79 Å². The lowest BCUT2D eigenvalue weighted by molar-refractivity contribution is -0.117. The maximum Gasteiger partial charge on any atom is 0.129 e. The van der Waals surface area contributed by atoms with Gasteiger partial charge in [0.2, 0.25) is 0 Å². The fourth-order valence-electron chi connectivity index (χ4n) is 1.82. The molecule has 0 saturated carbocycles. The Hall–Kier alpha value is -1.11. The van der Waals surface area contributed by atoms with Crippen LogP contribution in [0.25, 0.3) is 0 Å². The molecule has 1 aromatic carbocycles. The molecule has 88 valence electrons. The first kappa shape index (κ1) is 13.0. The Bertz CT molecular complexity index is 311. The third-order valence-electron chi connectivity index (χ3n) is 2.93. The van der Waals surface area contributed by atoms with Crippen LogP contribution in [0.4, 0.5) is 0 Å². The maximum absolute atomic E-state index is 10.7. The average molecular weight is 218 g/mol. The molecule has 0 amide bonds. The van der Waals surface area contributed by atoms with Crippen LogP contribution in [0.3, 0.4) is 0 Å². The predicted octanol–water partition coefficient (Wildman–Crippen LogP) is 3.94. The molecule has 0 bridgehead atoms. The van der Waals surface area contributed by atoms with E-state index < -0.39 is 0 Å². The van der Waals surface area contributed by atoms with Crippen molar-refractivity contribution in [1.82, 2.24) is 0 Å². The maximum atomic E-state index is 10.7. The number of carbonyl (C=O) groups is 1. The zero-order valence-corrected chi connectivity index (χ0v) is 10.5. The van der Waals surface area contributed by atoms with Crippen LogP contribution in [0.5, 0.6) is 0 Å². The van der Waals surface area contributed by atoms with Gasteiger partial charge in [0.25, 0.3) is 0 Å². The van der Waals surface area contributed by atoms with Crippen LogP contribution in [-0.4, -0.2) is 5.78 Å². The van der Waals surface area contributed by atoms with E-state index in [4.69, 9.17) is 0 Å². The molecule has 0 aliphatic carbocycles. The third kappa shape index (κ3) is 5.11. The summed E-state index contributed by atoms with van der Waals surface area (Å²) in [6.07, 6.45) is 6.39. The average Bonchev–Trinajstić information content (AvgIpc) is 2.29. The summed E-state index contributed by atoms with van der Waals surface area (Å²) in [5.41, 5.74) is 2.82. The zero-order valence-electron chi connectivity index (χ0n) is 10.5. The Morgan fingerprint density at radius 2 is 1.62 bits per heavy atom. The molecule has 16 heavy (non-hydrogen) atoms. The minimum atomic E-state index is 0.312. The topological polar surface area (TPSA) is 17.1 Å². The molecule has 0 spiro atoms. The van der Waals surface area contributed by atoms with Crippen LogP contribution in [0.2, 0.25) is 0 Å². The monoisotopic (exact) mass is 218 g/mol. The second kappa shape index (κ2) is 7.21. The normalized spacial score (nSPS) is 10.4. The van der Waals surface area contributed by atoms with E-state index in [1.165, 1.54) is 17.5 Å². The summed E-state index contributed by atoms with van der Waals surface area (Å²) in [5, 5.41) is 0. The van der Waals surface area contributed by atoms with E-state index >= 15 is 0 Å². The molecule has 0 unspecified atom stereocenters. The SMILES string of the molecule is CCc1ccc(CCCCCC(C)=O)cc1. The molecular weight excluding hydrogens is 196 g/mol. The minimum absolute atomic E-state index is 0.312. The van der Waals surface area contributed by atoms with Gasteiger partial charge >= 0.3 is 0 Å². The molecule has 0 aliphatic rings. The largest absolute Gasteiger partial charge is 0.300 e. The summed E-state index contributed by atoms with van der Waals surface area (Å²) in [7, 11) is 0. The van der Waals surface area contributed by atoms with Crippen molar-refractivity contribution < 1.29 is 4.79 Å². The second-order valence-electron chi connectivity index (χ2n) is 4.43. The van der Waals surface area contributed by atoms with Crippen LogP contribution in [0.1, 0.15) is 50.7 Å². The first-order valence-electron chi connectivity index (χ1n) is 6.29. The van der Waals surface area contributed by atoms with Gasteiger partial charge in [-0.3, -0.25) is 0 Å². The number of aryl methyl sites for hydroxylation is 2. The summed E-state index contributed by atoms with van der Waals surface area (Å²) in [6.45, 7) is 3.85. The number of benzene rings is 1. The lowest BCUT2D eigenvalue weighted by Crippen LogP contribution is -1.91. The van der Waals surface area contributed by atoms with Crippen molar-refractivity contribution in [2.45, 2.75) is 52.4 Å². The fourth-order valence-corrected chi connectivity index (χ4v) is 1.82. The minimum Gasteiger partial charge on any atom is -0.300 e. The van der Waals surface area contributed by atoms with E-state index in [0.717, 1.165) is 32.1 Å². The number of unbranched alkanes of at least 4 members (excludes halogenated alkanes) is 2. The van der Waals surface area contributed by atoms with Crippen LogP contribution in [-0.2, 0) is 17.6 Å². The van der Waals surface area contributed by atoms with E-state index in [2.05, 4.69) is 31.2 Å². The number of rotatable bonds is 7. The van der Waals surface area contributed by atoms with Gasteiger partial charge in [-0.1, -0.05) is 37.6 Å². The van der Waals surface area contributed by atoms with Crippen molar-refractivity contribution in [3.05, 3.63) is 35.4 Å².